The van der Waals surface area contributed by atoms with Crippen LogP contribution in [0.5, 0.6) is 0 Å². The Kier molecular flexibility index (Phi) is 1.95. The number of hydrogen-bond acceptors (Lipinski definition) is 3. The summed E-state index contributed by atoms with van der Waals surface area (Å²) >= 11 is 0. The number of fused-ring (bicyclic) bond motifs is 1. The van der Waals surface area contributed by atoms with Crippen LogP contribution in [0.4, 0.5) is 0 Å². The fourth-order valence-corrected chi connectivity index (χ4v) is 2.01. The lowest BCUT2D eigenvalue weighted by atomic mass is 10.3. The van der Waals surface area contributed by atoms with Gasteiger partial charge in [0.1, 0.15) is 0 Å². The molecule has 86 valence electrons. The molecule has 3 aromatic rings. The Morgan fingerprint density at radius 1 is 1.18 bits per heavy atom. The maximum atomic E-state index is 6.04. The monoisotopic (exact) mass is 227 g/mol. The van der Waals surface area contributed by atoms with E-state index in [1.165, 1.54) is 0 Å². The van der Waals surface area contributed by atoms with E-state index in [1.54, 1.807) is 9.36 Å². The van der Waals surface area contributed by atoms with E-state index >= 15 is 0 Å². The van der Waals surface area contributed by atoms with Gasteiger partial charge in [-0.15, -0.1) is 0 Å². The van der Waals surface area contributed by atoms with Gasteiger partial charge in [-0.1, -0.05) is 12.1 Å². The third-order valence-corrected chi connectivity index (χ3v) is 2.78. The highest BCUT2D eigenvalue weighted by Crippen LogP contribution is 2.17. The number of aromatic nitrogens is 4. The number of rotatable bonds is 1. The van der Waals surface area contributed by atoms with Crippen molar-refractivity contribution in [3.63, 3.8) is 0 Å². The third-order valence-electron chi connectivity index (χ3n) is 2.78. The molecule has 5 nitrogen and oxygen atoms in total. The average molecular weight is 227 g/mol. The Bertz CT molecular complexity index is 692. The minimum absolute atomic E-state index is 0.636. The summed E-state index contributed by atoms with van der Waals surface area (Å²) in [5.74, 6) is 6.68. The van der Waals surface area contributed by atoms with E-state index in [0.29, 0.717) is 5.95 Å². The van der Waals surface area contributed by atoms with Crippen molar-refractivity contribution in [3.8, 4) is 5.95 Å². The molecule has 2 heterocycles. The smallest absolute Gasteiger partial charge is 0.250 e. The molecule has 3 rings (SSSR count). The predicted molar refractivity (Wildman–Crippen MR) is 66.5 cm³/mol. The van der Waals surface area contributed by atoms with Crippen LogP contribution in [0, 0.1) is 13.8 Å². The molecule has 0 radical (unpaired) electrons. The summed E-state index contributed by atoms with van der Waals surface area (Å²) in [4.78, 5) is 4.50. The highest BCUT2D eigenvalue weighted by molar-refractivity contribution is 5.77. The highest BCUT2D eigenvalue weighted by Gasteiger charge is 2.12. The van der Waals surface area contributed by atoms with Crippen molar-refractivity contribution >= 4 is 11.0 Å². The number of para-hydroxylation sites is 2. The van der Waals surface area contributed by atoms with Gasteiger partial charge in [0.15, 0.2) is 0 Å². The molecule has 5 heteroatoms. The molecule has 0 bridgehead atoms. The number of nitrogens with two attached hydrogens (primary N) is 1. The molecule has 0 unspecified atom stereocenters. The van der Waals surface area contributed by atoms with E-state index in [9.17, 15) is 0 Å². The summed E-state index contributed by atoms with van der Waals surface area (Å²) in [6, 6.07) is 9.77. The summed E-state index contributed by atoms with van der Waals surface area (Å²) in [6.07, 6.45) is 0. The van der Waals surface area contributed by atoms with E-state index in [0.717, 1.165) is 22.4 Å². The standard InChI is InChI=1S/C12H13N5/c1-8-7-9(2)17(15-8)12-14-10-5-3-4-6-11(10)16(12)13/h3-7H,13H2,1-2H3. The fraction of sp³-hybridized carbons (Fsp3) is 0.167. The van der Waals surface area contributed by atoms with Gasteiger partial charge in [0.05, 0.1) is 16.7 Å². The summed E-state index contributed by atoms with van der Waals surface area (Å²) in [5, 5.41) is 4.39. The molecule has 0 fully saturated rings. The second kappa shape index (κ2) is 3.35. The zero-order valence-electron chi connectivity index (χ0n) is 9.75. The van der Waals surface area contributed by atoms with Crippen LogP contribution in [0.1, 0.15) is 11.4 Å². The Morgan fingerprint density at radius 3 is 2.59 bits per heavy atom. The topological polar surface area (TPSA) is 61.7 Å². The van der Waals surface area contributed by atoms with Gasteiger partial charge in [0, 0.05) is 5.69 Å². The van der Waals surface area contributed by atoms with Crippen molar-refractivity contribution in [1.82, 2.24) is 19.4 Å². The molecular formula is C12H13N5. The van der Waals surface area contributed by atoms with Crippen molar-refractivity contribution in [3.05, 3.63) is 41.7 Å². The maximum Gasteiger partial charge on any atom is 0.250 e. The number of hydrogen-bond donors (Lipinski definition) is 1. The first-order valence-electron chi connectivity index (χ1n) is 5.43. The van der Waals surface area contributed by atoms with Crippen LogP contribution in [-0.2, 0) is 0 Å². The summed E-state index contributed by atoms with van der Waals surface area (Å²) < 4.78 is 3.32. The van der Waals surface area contributed by atoms with E-state index in [-0.39, 0.29) is 0 Å². The number of nitrogens with zero attached hydrogens (tertiary/aromatic N) is 4. The van der Waals surface area contributed by atoms with Crippen molar-refractivity contribution in [2.24, 2.45) is 0 Å². The van der Waals surface area contributed by atoms with Gasteiger partial charge < -0.3 is 5.84 Å². The minimum Gasteiger partial charge on any atom is -0.336 e. The van der Waals surface area contributed by atoms with E-state index < -0.39 is 0 Å². The maximum absolute atomic E-state index is 6.04. The molecule has 0 aliphatic rings. The minimum atomic E-state index is 0.636. The van der Waals surface area contributed by atoms with Gasteiger partial charge >= 0.3 is 0 Å². The van der Waals surface area contributed by atoms with Crippen LogP contribution in [-0.4, -0.2) is 19.4 Å². The van der Waals surface area contributed by atoms with Gasteiger partial charge in [-0.3, -0.25) is 0 Å². The quantitative estimate of drug-likeness (QED) is 0.642. The first-order chi connectivity index (χ1) is 8.16. The molecule has 0 saturated heterocycles. The zero-order valence-corrected chi connectivity index (χ0v) is 9.75. The Morgan fingerprint density at radius 2 is 1.94 bits per heavy atom. The van der Waals surface area contributed by atoms with Gasteiger partial charge in [-0.2, -0.15) is 5.10 Å². The lowest BCUT2D eigenvalue weighted by Crippen LogP contribution is -2.15. The number of benzene rings is 1. The van der Waals surface area contributed by atoms with Crippen LogP contribution in [0.15, 0.2) is 30.3 Å². The van der Waals surface area contributed by atoms with Crippen molar-refractivity contribution in [2.45, 2.75) is 13.8 Å². The number of aryl methyl sites for hydroxylation is 2. The van der Waals surface area contributed by atoms with Crippen LogP contribution in [0.3, 0.4) is 0 Å². The lowest BCUT2D eigenvalue weighted by molar-refractivity contribution is 0.753. The Labute approximate surface area is 98.5 Å². The SMILES string of the molecule is Cc1cc(C)n(-c2nc3ccccc3n2N)n1. The zero-order chi connectivity index (χ0) is 12.0. The number of imidazole rings is 1. The molecular weight excluding hydrogens is 214 g/mol. The van der Waals surface area contributed by atoms with Crippen LogP contribution in [0.25, 0.3) is 17.0 Å². The second-order valence-electron chi connectivity index (χ2n) is 4.11. The second-order valence-corrected chi connectivity index (χ2v) is 4.11. The molecule has 0 aliphatic carbocycles. The molecule has 2 N–H and O–H groups in total. The average Bonchev–Trinajstić information content (AvgIpc) is 2.80. The largest absolute Gasteiger partial charge is 0.336 e. The molecule has 2 aromatic heterocycles. The molecule has 0 amide bonds. The van der Waals surface area contributed by atoms with Gasteiger partial charge in [0.2, 0.25) is 0 Å². The number of nitrogen functional groups attached to an aromatic ring is 1. The van der Waals surface area contributed by atoms with Crippen molar-refractivity contribution in [2.75, 3.05) is 5.84 Å². The first-order valence-corrected chi connectivity index (χ1v) is 5.43. The third kappa shape index (κ3) is 1.39. The van der Waals surface area contributed by atoms with Crippen LogP contribution < -0.4 is 5.84 Å². The summed E-state index contributed by atoms with van der Waals surface area (Å²) in [5.41, 5.74) is 3.74. The molecule has 17 heavy (non-hydrogen) atoms. The van der Waals surface area contributed by atoms with E-state index in [1.807, 2.05) is 44.2 Å². The van der Waals surface area contributed by atoms with Gasteiger partial charge in [-0.05, 0) is 32.0 Å². The van der Waals surface area contributed by atoms with Crippen LogP contribution >= 0.6 is 0 Å². The summed E-state index contributed by atoms with van der Waals surface area (Å²) in [6.45, 7) is 3.94. The first kappa shape index (κ1) is 9.89. The predicted octanol–water partition coefficient (Wildman–Crippen LogP) is 1.55. The normalized spacial score (nSPS) is 11.2. The molecule has 1 aromatic carbocycles. The fourth-order valence-electron chi connectivity index (χ4n) is 2.01. The molecule has 0 saturated carbocycles. The molecule has 0 atom stereocenters. The molecule has 0 spiro atoms. The van der Waals surface area contributed by atoms with E-state index in [4.69, 9.17) is 5.84 Å². The van der Waals surface area contributed by atoms with Gasteiger partial charge in [-0.25, -0.2) is 14.3 Å². The van der Waals surface area contributed by atoms with E-state index in [2.05, 4.69) is 10.1 Å². The van der Waals surface area contributed by atoms with Crippen molar-refractivity contribution < 1.29 is 0 Å². The van der Waals surface area contributed by atoms with Gasteiger partial charge in [0.25, 0.3) is 5.95 Å². The lowest BCUT2D eigenvalue weighted by Gasteiger charge is -2.03. The van der Waals surface area contributed by atoms with Crippen LogP contribution in [0.2, 0.25) is 0 Å². The Hall–Kier alpha value is -2.30. The van der Waals surface area contributed by atoms with Crippen molar-refractivity contribution in [1.29, 1.82) is 0 Å². The highest BCUT2D eigenvalue weighted by atomic mass is 15.5. The summed E-state index contributed by atoms with van der Waals surface area (Å²) in [7, 11) is 0. The molecule has 0 aliphatic heterocycles. The Balaban J connectivity index is 2.31.